The summed E-state index contributed by atoms with van der Waals surface area (Å²) in [7, 11) is 0. The van der Waals surface area contributed by atoms with E-state index in [9.17, 15) is 0 Å². The van der Waals surface area contributed by atoms with E-state index in [1.807, 2.05) is 0 Å². The Kier molecular flexibility index (Phi) is 6.13. The van der Waals surface area contributed by atoms with Gasteiger partial charge in [-0.1, -0.05) is 143 Å². The SMILES string of the molecule is Cc1cc(C)c(B2c3cc4ccccc4cc3N3c4cc5ccccc5cc4N(c4ccc5ccccc5c4)c4cc5ccccc5c2c43)c(C)c1. The number of hydrogen-bond acceptors (Lipinski definition) is 2. The summed E-state index contributed by atoms with van der Waals surface area (Å²) in [6, 6.07) is 59.3. The molecule has 9 aromatic carbocycles. The molecule has 0 saturated heterocycles. The molecule has 0 atom stereocenters. The van der Waals surface area contributed by atoms with E-state index in [2.05, 4.69) is 188 Å². The zero-order valence-electron chi connectivity index (χ0n) is 29.5. The summed E-state index contributed by atoms with van der Waals surface area (Å²) in [5.74, 6) is 0. The molecule has 0 radical (unpaired) electrons. The smallest absolute Gasteiger partial charge is 0.248 e. The van der Waals surface area contributed by atoms with Gasteiger partial charge in [-0.2, -0.15) is 0 Å². The van der Waals surface area contributed by atoms with Crippen molar-refractivity contribution < 1.29 is 0 Å². The van der Waals surface area contributed by atoms with Crippen molar-refractivity contribution in [3.8, 4) is 0 Å². The van der Waals surface area contributed by atoms with E-state index in [1.165, 1.54) is 105 Å². The highest BCUT2D eigenvalue weighted by molar-refractivity contribution is 7.00. The fraction of sp³-hybridized carbons (Fsp3) is 0.0612. The molecular formula is C49H35BN2. The van der Waals surface area contributed by atoms with Gasteiger partial charge in [-0.25, -0.2) is 0 Å². The highest BCUT2D eigenvalue weighted by Crippen LogP contribution is 2.56. The molecule has 2 heterocycles. The largest absolute Gasteiger partial charge is 0.307 e. The number of fused-ring (bicyclic) bond motifs is 9. The first kappa shape index (κ1) is 29.4. The predicted octanol–water partition coefficient (Wildman–Crippen LogP) is 11.3. The Hall–Kier alpha value is -6.32. The van der Waals surface area contributed by atoms with Gasteiger partial charge in [0.25, 0.3) is 0 Å². The van der Waals surface area contributed by atoms with Crippen LogP contribution in [0.1, 0.15) is 16.7 Å². The van der Waals surface area contributed by atoms with E-state index in [0.717, 1.165) is 5.69 Å². The maximum absolute atomic E-state index is 2.60. The molecule has 3 heteroatoms. The summed E-state index contributed by atoms with van der Waals surface area (Å²) >= 11 is 0. The molecule has 0 spiro atoms. The molecule has 0 saturated carbocycles. The van der Waals surface area contributed by atoms with E-state index in [-0.39, 0.29) is 6.71 Å². The Labute approximate surface area is 304 Å². The maximum atomic E-state index is 2.60. The second kappa shape index (κ2) is 10.8. The molecule has 52 heavy (non-hydrogen) atoms. The van der Waals surface area contributed by atoms with Gasteiger partial charge < -0.3 is 9.80 Å². The van der Waals surface area contributed by atoms with E-state index >= 15 is 0 Å². The molecule has 0 N–H and O–H groups in total. The Bertz CT molecular complexity index is 2960. The quantitative estimate of drug-likeness (QED) is 0.170. The fourth-order valence-corrected chi connectivity index (χ4v) is 9.49. The van der Waals surface area contributed by atoms with Gasteiger partial charge in [0.05, 0.1) is 22.7 Å². The lowest BCUT2D eigenvalue weighted by Gasteiger charge is -2.46. The minimum absolute atomic E-state index is 0.0387. The van der Waals surface area contributed by atoms with Gasteiger partial charge in [0.1, 0.15) is 0 Å². The van der Waals surface area contributed by atoms with Crippen LogP contribution < -0.4 is 26.2 Å². The van der Waals surface area contributed by atoms with Crippen LogP contribution in [-0.2, 0) is 0 Å². The van der Waals surface area contributed by atoms with Crippen LogP contribution in [0.5, 0.6) is 0 Å². The normalized spacial score (nSPS) is 13.2. The number of aryl methyl sites for hydroxylation is 3. The average molecular weight is 663 g/mol. The summed E-state index contributed by atoms with van der Waals surface area (Å²) in [5.41, 5.74) is 15.4. The number of anilines is 6. The standard InChI is InChI=1S/C49H35BN2/c1-30-22-31(2)47(32(3)23-30)50-42-25-35-14-6-7-15-36(35)26-43(42)52-45-28-38-17-9-8-16-37(38)27-44(45)51(40-21-20-33-12-4-5-13-34(33)24-40)46-29-39-18-10-11-19-41(39)48(50)49(46)52/h4-29H,1-3H3. The Morgan fingerprint density at radius 3 is 1.54 bits per heavy atom. The van der Waals surface area contributed by atoms with Crippen LogP contribution in [0.2, 0.25) is 0 Å². The number of hydrogen-bond donors (Lipinski definition) is 0. The molecule has 0 unspecified atom stereocenters. The lowest BCUT2D eigenvalue weighted by atomic mass is 9.33. The van der Waals surface area contributed by atoms with Crippen LogP contribution in [-0.4, -0.2) is 6.71 Å². The summed E-state index contributed by atoms with van der Waals surface area (Å²) < 4.78 is 0. The van der Waals surface area contributed by atoms with Crippen molar-refractivity contribution in [3.05, 3.63) is 174 Å². The van der Waals surface area contributed by atoms with Crippen molar-refractivity contribution in [2.75, 3.05) is 9.80 Å². The third kappa shape index (κ3) is 4.14. The number of rotatable bonds is 2. The molecule has 2 aliphatic heterocycles. The molecule has 2 nitrogen and oxygen atoms in total. The van der Waals surface area contributed by atoms with Gasteiger partial charge >= 0.3 is 0 Å². The first-order valence-electron chi connectivity index (χ1n) is 18.3. The third-order valence-electron chi connectivity index (χ3n) is 11.6. The van der Waals surface area contributed by atoms with Gasteiger partial charge in [0.2, 0.25) is 6.71 Å². The second-order valence-corrected chi connectivity index (χ2v) is 14.8. The molecule has 244 valence electrons. The van der Waals surface area contributed by atoms with Gasteiger partial charge in [-0.15, -0.1) is 0 Å². The minimum Gasteiger partial charge on any atom is -0.307 e. The molecule has 2 aliphatic rings. The van der Waals surface area contributed by atoms with E-state index in [0.29, 0.717) is 0 Å². The van der Waals surface area contributed by atoms with Crippen molar-refractivity contribution in [1.82, 2.24) is 0 Å². The van der Waals surface area contributed by atoms with E-state index < -0.39 is 0 Å². The molecule has 11 rings (SSSR count). The lowest BCUT2D eigenvalue weighted by molar-refractivity contribution is 1.19. The van der Waals surface area contributed by atoms with Gasteiger partial charge in [0, 0.05) is 11.4 Å². The topological polar surface area (TPSA) is 6.48 Å². The summed E-state index contributed by atoms with van der Waals surface area (Å²) in [6.07, 6.45) is 0. The highest BCUT2D eigenvalue weighted by atomic mass is 15.3. The molecule has 9 aromatic rings. The predicted molar refractivity (Wildman–Crippen MR) is 225 cm³/mol. The van der Waals surface area contributed by atoms with Crippen molar-refractivity contribution in [1.29, 1.82) is 0 Å². The van der Waals surface area contributed by atoms with Crippen LogP contribution in [0.25, 0.3) is 43.1 Å². The van der Waals surface area contributed by atoms with E-state index in [4.69, 9.17) is 0 Å². The zero-order chi connectivity index (χ0) is 34.7. The Balaban J connectivity index is 1.34. The van der Waals surface area contributed by atoms with Gasteiger partial charge in [-0.3, -0.25) is 0 Å². The maximum Gasteiger partial charge on any atom is 0.248 e. The molecular weight excluding hydrogens is 627 g/mol. The lowest BCUT2D eigenvalue weighted by Crippen LogP contribution is -2.59. The van der Waals surface area contributed by atoms with Crippen LogP contribution in [0.15, 0.2) is 158 Å². The van der Waals surface area contributed by atoms with Gasteiger partial charge in [-0.05, 0) is 111 Å². The molecule has 0 aromatic heterocycles. The first-order valence-corrected chi connectivity index (χ1v) is 18.3. The number of nitrogens with zero attached hydrogens (tertiary/aromatic N) is 2. The van der Waals surface area contributed by atoms with Crippen molar-refractivity contribution >= 4 is 100 Å². The molecule has 0 aliphatic carbocycles. The first-order chi connectivity index (χ1) is 25.5. The highest BCUT2D eigenvalue weighted by Gasteiger charge is 2.44. The fourth-order valence-electron chi connectivity index (χ4n) is 9.49. The Morgan fingerprint density at radius 2 is 0.885 bits per heavy atom. The molecule has 0 fully saturated rings. The zero-order valence-corrected chi connectivity index (χ0v) is 29.5. The van der Waals surface area contributed by atoms with Crippen molar-refractivity contribution in [2.24, 2.45) is 0 Å². The summed E-state index contributed by atoms with van der Waals surface area (Å²) in [6.45, 7) is 6.87. The summed E-state index contributed by atoms with van der Waals surface area (Å²) in [5, 5.41) is 10.0. The van der Waals surface area contributed by atoms with Gasteiger partial charge in [0.15, 0.2) is 0 Å². The molecule has 0 amide bonds. The monoisotopic (exact) mass is 662 g/mol. The van der Waals surface area contributed by atoms with Crippen LogP contribution >= 0.6 is 0 Å². The number of benzene rings is 9. The minimum atomic E-state index is 0.0387. The second-order valence-electron chi connectivity index (χ2n) is 14.8. The summed E-state index contributed by atoms with van der Waals surface area (Å²) in [4.78, 5) is 5.14. The van der Waals surface area contributed by atoms with E-state index in [1.54, 1.807) is 0 Å². The average Bonchev–Trinajstić information content (AvgIpc) is 3.16. The third-order valence-corrected chi connectivity index (χ3v) is 11.6. The van der Waals surface area contributed by atoms with Crippen LogP contribution in [0, 0.1) is 20.8 Å². The Morgan fingerprint density at radius 1 is 0.385 bits per heavy atom. The van der Waals surface area contributed by atoms with Crippen molar-refractivity contribution in [2.45, 2.75) is 20.8 Å². The van der Waals surface area contributed by atoms with Crippen LogP contribution in [0.4, 0.5) is 34.1 Å². The molecule has 0 bridgehead atoms. The van der Waals surface area contributed by atoms with Crippen molar-refractivity contribution in [3.63, 3.8) is 0 Å². The van der Waals surface area contributed by atoms with Crippen LogP contribution in [0.3, 0.4) is 0 Å².